The maximum absolute atomic E-state index is 10.5. The number of unbranched alkanes of at least 4 members (excludes halogenated alkanes) is 15. The number of hydrogen-bond donors (Lipinski definition) is 2. The molecule has 0 saturated carbocycles. The van der Waals surface area contributed by atoms with Crippen LogP contribution in [0.2, 0.25) is 0 Å². The van der Waals surface area contributed by atoms with E-state index in [9.17, 15) is 10.2 Å². The number of nitrogens with two attached hydrogens (primary N) is 1. The van der Waals surface area contributed by atoms with E-state index >= 15 is 0 Å². The van der Waals surface area contributed by atoms with Gasteiger partial charge in [-0.2, -0.15) is 10.4 Å². The largest absolute Gasteiger partial charge is 0.469 e. The van der Waals surface area contributed by atoms with E-state index in [1.54, 1.807) is 22.7 Å². The highest BCUT2D eigenvalue weighted by molar-refractivity contribution is 7.40. The van der Waals surface area contributed by atoms with Crippen LogP contribution in [0.3, 0.4) is 0 Å². The Morgan fingerprint density at radius 1 is 0.925 bits per heavy atom. The highest BCUT2D eigenvalue weighted by atomic mass is 31.2. The number of ether oxygens (including phenoxy) is 3. The van der Waals surface area contributed by atoms with Crippen molar-refractivity contribution in [2.45, 2.75) is 141 Å². The van der Waals surface area contributed by atoms with Crippen LogP contribution >= 0.6 is 8.60 Å². The SMILES string of the molecule is C#N.CCCCCCCCCCCCCCCCCCOCC(COP(O)OCC1CCC(c2ccc3c(N)ncnn23)O1)Oc1cccc(C#N)n1. The van der Waals surface area contributed by atoms with Gasteiger partial charge in [-0.15, -0.1) is 0 Å². The molecule has 292 valence electrons. The average molecular weight is 754 g/mol. The molecule has 3 aromatic heterocycles. The van der Waals surface area contributed by atoms with Gasteiger partial charge < -0.3 is 33.9 Å². The number of rotatable bonds is 28. The number of nitriles is 2. The molecular weight excluding hydrogens is 693 g/mol. The Labute approximate surface area is 317 Å². The topological polar surface area (TPSA) is 183 Å². The molecule has 3 N–H and O–H groups in total. The minimum absolute atomic E-state index is 0.0328. The first-order valence-corrected chi connectivity index (χ1v) is 20.6. The van der Waals surface area contributed by atoms with E-state index in [4.69, 9.17) is 34.3 Å². The minimum Gasteiger partial charge on any atom is -0.469 e. The van der Waals surface area contributed by atoms with Crippen molar-refractivity contribution in [3.8, 4) is 18.5 Å². The Morgan fingerprint density at radius 3 is 2.25 bits per heavy atom. The molecule has 0 aliphatic carbocycles. The highest BCUT2D eigenvalue weighted by Gasteiger charge is 2.30. The lowest BCUT2D eigenvalue weighted by Crippen LogP contribution is -2.29. The molecule has 3 aromatic rings. The maximum atomic E-state index is 10.5. The second-order valence-corrected chi connectivity index (χ2v) is 14.4. The summed E-state index contributed by atoms with van der Waals surface area (Å²) >= 11 is 0. The molecular formula is C39H60N7O6P. The standard InChI is InChI=1S/C38H59N6O6P.CHN/c1-2-3-4-5-6-7-8-9-10-11-12-13-14-15-16-17-25-46-27-33(50-37-20-18-19-31(26-39)43-37)29-48-51(45)47-28-32-21-24-36(49-32)34-22-23-35-38(40)41-30-42-44(34)35;1-2/h18-20,22-23,30,32-33,36,45H,2-17,21,24-25,27-29H2,1H3,(H2,40,41,42);1H. The molecule has 1 aliphatic rings. The van der Waals surface area contributed by atoms with Crippen molar-refractivity contribution in [1.82, 2.24) is 19.6 Å². The Hall–Kier alpha value is -3.42. The van der Waals surface area contributed by atoms with Crippen molar-refractivity contribution in [3.63, 3.8) is 0 Å². The summed E-state index contributed by atoms with van der Waals surface area (Å²) in [6.45, 7) is 6.87. The van der Waals surface area contributed by atoms with Crippen LogP contribution in [0.5, 0.6) is 5.88 Å². The van der Waals surface area contributed by atoms with Crippen LogP contribution in [-0.4, -0.2) is 63.1 Å². The number of hydrogen-bond acceptors (Lipinski definition) is 12. The van der Waals surface area contributed by atoms with E-state index in [1.807, 2.05) is 18.2 Å². The van der Waals surface area contributed by atoms with E-state index in [-0.39, 0.29) is 37.7 Å². The third kappa shape index (κ3) is 17.1. The molecule has 13 nitrogen and oxygen atoms in total. The number of pyridine rings is 1. The molecule has 14 heteroatoms. The summed E-state index contributed by atoms with van der Waals surface area (Å²) in [6.07, 6.45) is 23.2. The molecule has 1 saturated heterocycles. The van der Waals surface area contributed by atoms with Gasteiger partial charge in [0.05, 0.1) is 31.6 Å². The molecule has 0 aromatic carbocycles. The molecule has 0 amide bonds. The van der Waals surface area contributed by atoms with Crippen LogP contribution in [-0.2, 0) is 18.5 Å². The minimum atomic E-state index is -2.18. The van der Waals surface area contributed by atoms with Gasteiger partial charge >= 0.3 is 8.60 Å². The van der Waals surface area contributed by atoms with Gasteiger partial charge in [-0.25, -0.2) is 19.7 Å². The van der Waals surface area contributed by atoms with Crippen molar-refractivity contribution < 1.29 is 28.2 Å². The number of aromatic nitrogens is 4. The summed E-state index contributed by atoms with van der Waals surface area (Å²) in [5.41, 5.74) is 7.86. The van der Waals surface area contributed by atoms with Crippen molar-refractivity contribution in [2.24, 2.45) is 0 Å². The van der Waals surface area contributed by atoms with Crippen molar-refractivity contribution in [3.05, 3.63) is 48.0 Å². The Kier molecular flexibility index (Phi) is 22.6. The fourth-order valence-electron chi connectivity index (χ4n) is 6.39. The first-order chi connectivity index (χ1) is 26.1. The quantitative estimate of drug-likeness (QED) is 0.0531. The molecule has 0 radical (unpaired) electrons. The van der Waals surface area contributed by atoms with Crippen LogP contribution in [0.15, 0.2) is 36.7 Å². The molecule has 4 atom stereocenters. The van der Waals surface area contributed by atoms with Crippen LogP contribution in [0.25, 0.3) is 5.52 Å². The van der Waals surface area contributed by atoms with Gasteiger partial charge in [0, 0.05) is 19.2 Å². The molecule has 1 fully saturated rings. The predicted molar refractivity (Wildman–Crippen MR) is 206 cm³/mol. The van der Waals surface area contributed by atoms with E-state index in [0.29, 0.717) is 18.3 Å². The first-order valence-electron chi connectivity index (χ1n) is 19.4. The van der Waals surface area contributed by atoms with Crippen LogP contribution in [0, 0.1) is 23.2 Å². The number of nitrogen functional groups attached to an aromatic ring is 1. The van der Waals surface area contributed by atoms with Gasteiger partial charge in [0.2, 0.25) is 5.88 Å². The fraction of sp³-hybridized carbons (Fsp3) is 0.667. The van der Waals surface area contributed by atoms with Gasteiger partial charge in [-0.05, 0) is 37.5 Å². The smallest absolute Gasteiger partial charge is 0.330 e. The second-order valence-electron chi connectivity index (χ2n) is 13.4. The van der Waals surface area contributed by atoms with Crippen LogP contribution in [0.4, 0.5) is 5.82 Å². The highest BCUT2D eigenvalue weighted by Crippen LogP contribution is 2.38. The predicted octanol–water partition coefficient (Wildman–Crippen LogP) is 8.92. The van der Waals surface area contributed by atoms with Gasteiger partial charge in [0.25, 0.3) is 0 Å². The number of anilines is 1. The van der Waals surface area contributed by atoms with E-state index in [0.717, 1.165) is 36.9 Å². The van der Waals surface area contributed by atoms with Crippen molar-refractivity contribution in [1.29, 1.82) is 10.5 Å². The first kappa shape index (κ1) is 44.0. The molecule has 1 aliphatic heterocycles. The number of nitrogens with zero attached hydrogens (tertiary/aromatic N) is 6. The summed E-state index contributed by atoms with van der Waals surface area (Å²) in [6, 6.07) is 10.9. The zero-order chi connectivity index (χ0) is 37.9. The van der Waals surface area contributed by atoms with Gasteiger partial charge in [0.15, 0.2) is 5.82 Å². The van der Waals surface area contributed by atoms with E-state index in [1.165, 1.54) is 96.2 Å². The lowest BCUT2D eigenvalue weighted by atomic mass is 10.0. The van der Waals surface area contributed by atoms with E-state index < -0.39 is 14.7 Å². The normalized spacial score (nSPS) is 16.5. The molecule has 0 bridgehead atoms. The summed E-state index contributed by atoms with van der Waals surface area (Å²) < 4.78 is 31.2. The Bertz CT molecular complexity index is 1470. The lowest BCUT2D eigenvalue weighted by Gasteiger charge is -2.21. The average Bonchev–Trinajstić information content (AvgIpc) is 3.84. The summed E-state index contributed by atoms with van der Waals surface area (Å²) in [5.74, 6) is 0.714. The maximum Gasteiger partial charge on any atom is 0.330 e. The summed E-state index contributed by atoms with van der Waals surface area (Å²) in [5, 5.41) is 20.0. The van der Waals surface area contributed by atoms with Crippen molar-refractivity contribution >= 4 is 19.9 Å². The third-order valence-electron chi connectivity index (χ3n) is 9.26. The monoisotopic (exact) mass is 753 g/mol. The Balaban J connectivity index is 0.00000372. The van der Waals surface area contributed by atoms with Gasteiger partial charge in [-0.3, -0.25) is 0 Å². The fourth-order valence-corrected chi connectivity index (χ4v) is 7.05. The molecule has 0 spiro atoms. The molecule has 4 unspecified atom stereocenters. The van der Waals surface area contributed by atoms with E-state index in [2.05, 4.69) is 28.6 Å². The van der Waals surface area contributed by atoms with Crippen molar-refractivity contribution in [2.75, 3.05) is 32.2 Å². The molecule has 53 heavy (non-hydrogen) atoms. The van der Waals surface area contributed by atoms with Gasteiger partial charge in [0.1, 0.15) is 35.8 Å². The second kappa shape index (κ2) is 27.2. The van der Waals surface area contributed by atoms with Crippen LogP contribution < -0.4 is 10.5 Å². The zero-order valence-corrected chi connectivity index (χ0v) is 32.4. The zero-order valence-electron chi connectivity index (χ0n) is 31.5. The van der Waals surface area contributed by atoms with Gasteiger partial charge in [-0.1, -0.05) is 109 Å². The molecule has 4 rings (SSSR count). The molecule has 4 heterocycles. The summed E-state index contributed by atoms with van der Waals surface area (Å²) in [7, 11) is -2.18. The number of fused-ring (bicyclic) bond motifs is 1. The van der Waals surface area contributed by atoms with Crippen LogP contribution in [0.1, 0.15) is 140 Å². The summed E-state index contributed by atoms with van der Waals surface area (Å²) in [4.78, 5) is 18.8. The third-order valence-corrected chi connectivity index (χ3v) is 10.0. The lowest BCUT2D eigenvalue weighted by molar-refractivity contribution is 0.00130. The Morgan fingerprint density at radius 2 is 1.58 bits per heavy atom.